The van der Waals surface area contributed by atoms with Crippen molar-refractivity contribution in [3.05, 3.63) is 57.6 Å². The van der Waals surface area contributed by atoms with Crippen molar-refractivity contribution in [2.75, 3.05) is 6.61 Å². The molecule has 5 heteroatoms. The number of rotatable bonds is 6. The number of ether oxygens (including phenoxy) is 2. The lowest BCUT2D eigenvalue weighted by atomic mass is 10.2. The van der Waals surface area contributed by atoms with Gasteiger partial charge in [-0.3, -0.25) is 0 Å². The van der Waals surface area contributed by atoms with Gasteiger partial charge in [0.05, 0.1) is 13.2 Å². The molecule has 112 valence electrons. The van der Waals surface area contributed by atoms with Crippen LogP contribution in [-0.2, 0) is 13.2 Å². The molecule has 0 aliphatic carbocycles. The number of aliphatic hydroxyl groups is 1. The molecular weight excluding hydrogens is 311 g/mol. The largest absolute Gasteiger partial charge is 0.490 e. The molecule has 0 aliphatic heterocycles. The highest BCUT2D eigenvalue weighted by Gasteiger charge is 2.08. The molecule has 2 rings (SSSR count). The fraction of sp³-hybridized carbons (Fsp3) is 0.250. The summed E-state index contributed by atoms with van der Waals surface area (Å²) in [7, 11) is 0. The van der Waals surface area contributed by atoms with E-state index in [0.29, 0.717) is 28.2 Å². The van der Waals surface area contributed by atoms with Crippen LogP contribution < -0.4 is 9.47 Å². The number of hydrogen-bond acceptors (Lipinski definition) is 3. The fourth-order valence-electron chi connectivity index (χ4n) is 1.85. The van der Waals surface area contributed by atoms with Crippen LogP contribution in [0.1, 0.15) is 18.1 Å². The highest BCUT2D eigenvalue weighted by molar-refractivity contribution is 6.33. The lowest BCUT2D eigenvalue weighted by molar-refractivity contribution is 0.264. The predicted octanol–water partition coefficient (Wildman–Crippen LogP) is 4.46. The van der Waals surface area contributed by atoms with Gasteiger partial charge in [-0.25, -0.2) is 0 Å². The molecule has 0 amide bonds. The third kappa shape index (κ3) is 4.27. The Hall–Kier alpha value is -1.42. The number of hydrogen-bond donors (Lipinski definition) is 1. The Bertz CT molecular complexity index is 614. The SMILES string of the molecule is CCOc1cc(CO)ccc1OCc1cc(Cl)ccc1Cl. The summed E-state index contributed by atoms with van der Waals surface area (Å²) in [6.07, 6.45) is 0. The molecule has 0 saturated heterocycles. The van der Waals surface area contributed by atoms with Gasteiger partial charge in [0.25, 0.3) is 0 Å². The van der Waals surface area contributed by atoms with E-state index in [1.54, 1.807) is 36.4 Å². The van der Waals surface area contributed by atoms with E-state index < -0.39 is 0 Å². The van der Waals surface area contributed by atoms with E-state index >= 15 is 0 Å². The van der Waals surface area contributed by atoms with E-state index in [1.807, 2.05) is 6.92 Å². The van der Waals surface area contributed by atoms with E-state index in [1.165, 1.54) is 0 Å². The van der Waals surface area contributed by atoms with Gasteiger partial charge in [0.1, 0.15) is 6.61 Å². The van der Waals surface area contributed by atoms with Crippen molar-refractivity contribution in [1.82, 2.24) is 0 Å². The monoisotopic (exact) mass is 326 g/mol. The second kappa shape index (κ2) is 7.55. The summed E-state index contributed by atoms with van der Waals surface area (Å²) in [6, 6.07) is 10.6. The van der Waals surface area contributed by atoms with E-state index in [4.69, 9.17) is 37.8 Å². The van der Waals surface area contributed by atoms with Crippen LogP contribution in [0.5, 0.6) is 11.5 Å². The molecule has 0 fully saturated rings. The van der Waals surface area contributed by atoms with Crippen molar-refractivity contribution >= 4 is 23.2 Å². The predicted molar refractivity (Wildman–Crippen MR) is 84.3 cm³/mol. The van der Waals surface area contributed by atoms with Crippen LogP contribution >= 0.6 is 23.2 Å². The highest BCUT2D eigenvalue weighted by atomic mass is 35.5. The van der Waals surface area contributed by atoms with Gasteiger partial charge in [0.15, 0.2) is 11.5 Å². The Morgan fingerprint density at radius 3 is 2.52 bits per heavy atom. The van der Waals surface area contributed by atoms with Crippen LogP contribution in [0.4, 0.5) is 0 Å². The van der Waals surface area contributed by atoms with Crippen LogP contribution in [0.25, 0.3) is 0 Å². The second-order valence-electron chi connectivity index (χ2n) is 4.40. The van der Waals surface area contributed by atoms with Crippen LogP contribution in [-0.4, -0.2) is 11.7 Å². The Balaban J connectivity index is 2.17. The molecule has 0 aromatic heterocycles. The first-order valence-electron chi connectivity index (χ1n) is 6.57. The van der Waals surface area contributed by atoms with E-state index in [9.17, 15) is 0 Å². The molecule has 1 N–H and O–H groups in total. The summed E-state index contributed by atoms with van der Waals surface area (Å²) >= 11 is 12.1. The zero-order chi connectivity index (χ0) is 15.2. The van der Waals surface area contributed by atoms with E-state index in [-0.39, 0.29) is 13.2 Å². The van der Waals surface area contributed by atoms with Gasteiger partial charge in [-0.05, 0) is 42.8 Å². The smallest absolute Gasteiger partial charge is 0.161 e. The quantitative estimate of drug-likeness (QED) is 0.851. The van der Waals surface area contributed by atoms with Crippen molar-refractivity contribution in [3.8, 4) is 11.5 Å². The molecule has 3 nitrogen and oxygen atoms in total. The molecule has 2 aromatic carbocycles. The molecular formula is C16H16Cl2O3. The Labute approximate surface area is 134 Å². The third-order valence-corrected chi connectivity index (χ3v) is 3.49. The molecule has 0 saturated carbocycles. The lowest BCUT2D eigenvalue weighted by Crippen LogP contribution is -2.01. The first kappa shape index (κ1) is 16.0. The average molecular weight is 327 g/mol. The molecule has 2 aromatic rings. The van der Waals surface area contributed by atoms with Crippen LogP contribution in [0.15, 0.2) is 36.4 Å². The number of aliphatic hydroxyl groups excluding tert-OH is 1. The zero-order valence-corrected chi connectivity index (χ0v) is 13.1. The van der Waals surface area contributed by atoms with Crippen molar-refractivity contribution in [3.63, 3.8) is 0 Å². The van der Waals surface area contributed by atoms with Crippen molar-refractivity contribution in [1.29, 1.82) is 0 Å². The number of halogens is 2. The molecule has 21 heavy (non-hydrogen) atoms. The maximum absolute atomic E-state index is 9.17. The Morgan fingerprint density at radius 1 is 1.00 bits per heavy atom. The standard InChI is InChI=1S/C16H16Cl2O3/c1-2-20-16-7-11(9-19)3-6-15(16)21-10-12-8-13(17)4-5-14(12)18/h3-8,19H,2,9-10H2,1H3. The normalized spacial score (nSPS) is 10.5. The topological polar surface area (TPSA) is 38.7 Å². The van der Waals surface area contributed by atoms with Crippen LogP contribution in [0.3, 0.4) is 0 Å². The van der Waals surface area contributed by atoms with Crippen molar-refractivity contribution < 1.29 is 14.6 Å². The third-order valence-electron chi connectivity index (χ3n) is 2.88. The minimum atomic E-state index is -0.0412. The molecule has 0 radical (unpaired) electrons. The summed E-state index contributed by atoms with van der Waals surface area (Å²) in [5, 5.41) is 10.4. The fourth-order valence-corrected chi connectivity index (χ4v) is 2.21. The molecule has 0 bridgehead atoms. The van der Waals surface area contributed by atoms with Gasteiger partial charge in [-0.15, -0.1) is 0 Å². The van der Waals surface area contributed by atoms with Crippen molar-refractivity contribution in [2.45, 2.75) is 20.1 Å². The summed E-state index contributed by atoms with van der Waals surface area (Å²) in [4.78, 5) is 0. The summed E-state index contributed by atoms with van der Waals surface area (Å²) < 4.78 is 11.3. The lowest BCUT2D eigenvalue weighted by Gasteiger charge is -2.13. The molecule has 0 heterocycles. The van der Waals surface area contributed by atoms with Gasteiger partial charge in [0, 0.05) is 15.6 Å². The molecule has 0 spiro atoms. The zero-order valence-electron chi connectivity index (χ0n) is 11.6. The summed E-state index contributed by atoms with van der Waals surface area (Å²) in [5.41, 5.74) is 1.57. The Kier molecular flexibility index (Phi) is 5.74. The van der Waals surface area contributed by atoms with E-state index in [0.717, 1.165) is 11.1 Å². The van der Waals surface area contributed by atoms with Crippen molar-refractivity contribution in [2.24, 2.45) is 0 Å². The van der Waals surface area contributed by atoms with Gasteiger partial charge >= 0.3 is 0 Å². The highest BCUT2D eigenvalue weighted by Crippen LogP contribution is 2.30. The summed E-state index contributed by atoms with van der Waals surface area (Å²) in [5.74, 6) is 1.20. The maximum Gasteiger partial charge on any atom is 0.161 e. The minimum Gasteiger partial charge on any atom is -0.490 e. The van der Waals surface area contributed by atoms with Crippen LogP contribution in [0, 0.1) is 0 Å². The average Bonchev–Trinajstić information content (AvgIpc) is 2.49. The molecule has 0 aliphatic rings. The maximum atomic E-state index is 9.17. The van der Waals surface area contributed by atoms with Crippen LogP contribution in [0.2, 0.25) is 10.0 Å². The minimum absolute atomic E-state index is 0.0412. The van der Waals surface area contributed by atoms with Gasteiger partial charge in [-0.2, -0.15) is 0 Å². The van der Waals surface area contributed by atoms with Gasteiger partial charge in [0.2, 0.25) is 0 Å². The van der Waals surface area contributed by atoms with Gasteiger partial charge in [-0.1, -0.05) is 29.3 Å². The summed E-state index contributed by atoms with van der Waals surface area (Å²) in [6.45, 7) is 2.66. The number of benzene rings is 2. The Morgan fingerprint density at radius 2 is 1.81 bits per heavy atom. The first-order valence-corrected chi connectivity index (χ1v) is 7.33. The van der Waals surface area contributed by atoms with Gasteiger partial charge < -0.3 is 14.6 Å². The van der Waals surface area contributed by atoms with E-state index in [2.05, 4.69) is 0 Å². The second-order valence-corrected chi connectivity index (χ2v) is 5.24. The first-order chi connectivity index (χ1) is 10.1. The molecule has 0 atom stereocenters. The molecule has 0 unspecified atom stereocenters.